The van der Waals surface area contributed by atoms with Gasteiger partial charge in [0.2, 0.25) is 0 Å². The number of aromatic nitrogens is 1. The third kappa shape index (κ3) is 7.21. The van der Waals surface area contributed by atoms with E-state index in [-0.39, 0.29) is 11.8 Å². The molecule has 0 saturated carbocycles. The Balaban J connectivity index is 1.59. The van der Waals surface area contributed by atoms with E-state index in [4.69, 9.17) is 4.74 Å². The van der Waals surface area contributed by atoms with E-state index in [0.717, 1.165) is 67.6 Å². The number of H-pyrrole nitrogens is 1. The first-order valence-corrected chi connectivity index (χ1v) is 9.99. The fraction of sp³-hybridized carbons (Fsp3) is 0.524. The summed E-state index contributed by atoms with van der Waals surface area (Å²) in [6, 6.07) is 4.81. The molecule has 0 atom stereocenters. The van der Waals surface area contributed by atoms with Crippen molar-refractivity contribution in [3.8, 4) is 0 Å². The zero-order valence-electron chi connectivity index (χ0n) is 16.8. The van der Waals surface area contributed by atoms with Gasteiger partial charge in [0, 0.05) is 43.7 Å². The molecule has 0 spiro atoms. The molecule has 2 aromatic rings. The van der Waals surface area contributed by atoms with Crippen LogP contribution in [0.4, 0.5) is 4.39 Å². The van der Waals surface area contributed by atoms with Gasteiger partial charge in [-0.3, -0.25) is 9.79 Å². The van der Waals surface area contributed by atoms with Crippen molar-refractivity contribution in [1.82, 2.24) is 15.6 Å². The maximum atomic E-state index is 13.3. The summed E-state index contributed by atoms with van der Waals surface area (Å²) in [4.78, 5) is 18.6. The minimum Gasteiger partial charge on any atom is -0.466 e. The lowest BCUT2D eigenvalue weighted by molar-refractivity contribution is -0.143. The average Bonchev–Trinajstić information content (AvgIpc) is 3.08. The molecule has 0 bridgehead atoms. The van der Waals surface area contributed by atoms with Crippen LogP contribution in [-0.2, 0) is 16.0 Å². The molecular formula is C21H31FN4O2. The van der Waals surface area contributed by atoms with Crippen LogP contribution in [-0.4, -0.2) is 43.7 Å². The van der Waals surface area contributed by atoms with E-state index in [1.54, 1.807) is 7.05 Å². The molecule has 6 nitrogen and oxygen atoms in total. The molecule has 7 heteroatoms. The Morgan fingerprint density at radius 3 is 2.75 bits per heavy atom. The number of guanidine groups is 1. The molecule has 0 aliphatic heterocycles. The Morgan fingerprint density at radius 1 is 1.18 bits per heavy atom. The molecule has 0 aliphatic rings. The number of fused-ring (bicyclic) bond motifs is 1. The minimum absolute atomic E-state index is 0.106. The average molecular weight is 391 g/mol. The summed E-state index contributed by atoms with van der Waals surface area (Å²) in [6.45, 7) is 3.86. The van der Waals surface area contributed by atoms with Crippen molar-refractivity contribution in [2.75, 3.05) is 26.7 Å². The van der Waals surface area contributed by atoms with E-state index >= 15 is 0 Å². The number of aliphatic imine (C=N–C) groups is 1. The van der Waals surface area contributed by atoms with Gasteiger partial charge in [0.05, 0.1) is 6.61 Å². The van der Waals surface area contributed by atoms with Crippen LogP contribution in [0.2, 0.25) is 0 Å². The van der Waals surface area contributed by atoms with Gasteiger partial charge in [0.25, 0.3) is 0 Å². The third-order valence-electron chi connectivity index (χ3n) is 4.55. The molecule has 1 aromatic carbocycles. The predicted octanol–water partition coefficient (Wildman–Crippen LogP) is 3.53. The number of rotatable bonds is 11. The van der Waals surface area contributed by atoms with Crippen LogP contribution in [0.5, 0.6) is 0 Å². The molecule has 0 saturated heterocycles. The molecule has 0 amide bonds. The molecular weight excluding hydrogens is 359 g/mol. The number of nitrogens with zero attached hydrogens (tertiary/aromatic N) is 1. The van der Waals surface area contributed by atoms with E-state index in [9.17, 15) is 9.18 Å². The Labute approximate surface area is 166 Å². The minimum atomic E-state index is -0.232. The Kier molecular flexibility index (Phi) is 9.31. The SMILES string of the molecule is CCOC(=O)CCCCCCNC(=NC)NCCc1c[nH]c2cc(F)ccc12. The molecule has 0 aliphatic carbocycles. The number of esters is 1. The number of hydrogen-bond donors (Lipinski definition) is 3. The van der Waals surface area contributed by atoms with Gasteiger partial charge in [-0.2, -0.15) is 0 Å². The van der Waals surface area contributed by atoms with Gasteiger partial charge in [-0.25, -0.2) is 4.39 Å². The number of carbonyl (C=O) groups excluding carboxylic acids is 1. The zero-order valence-corrected chi connectivity index (χ0v) is 16.8. The quantitative estimate of drug-likeness (QED) is 0.237. The first-order valence-electron chi connectivity index (χ1n) is 9.99. The highest BCUT2D eigenvalue weighted by atomic mass is 19.1. The van der Waals surface area contributed by atoms with E-state index < -0.39 is 0 Å². The summed E-state index contributed by atoms with van der Waals surface area (Å²) in [5.41, 5.74) is 1.97. The van der Waals surface area contributed by atoms with Gasteiger partial charge in [-0.05, 0) is 49.9 Å². The van der Waals surface area contributed by atoms with Crippen molar-refractivity contribution in [1.29, 1.82) is 0 Å². The highest BCUT2D eigenvalue weighted by molar-refractivity contribution is 5.83. The topological polar surface area (TPSA) is 78.5 Å². The van der Waals surface area contributed by atoms with Crippen molar-refractivity contribution >= 4 is 22.8 Å². The molecule has 0 fully saturated rings. The summed E-state index contributed by atoms with van der Waals surface area (Å²) in [7, 11) is 1.75. The van der Waals surface area contributed by atoms with Crippen LogP contribution in [0.15, 0.2) is 29.4 Å². The number of benzene rings is 1. The van der Waals surface area contributed by atoms with Crippen LogP contribution >= 0.6 is 0 Å². The highest BCUT2D eigenvalue weighted by Crippen LogP contribution is 2.19. The normalized spacial score (nSPS) is 11.6. The summed E-state index contributed by atoms with van der Waals surface area (Å²) in [6.07, 6.45) is 7.24. The molecule has 1 aromatic heterocycles. The summed E-state index contributed by atoms with van der Waals surface area (Å²) in [5.74, 6) is 0.437. The number of aromatic amines is 1. The van der Waals surface area contributed by atoms with Crippen LogP contribution in [0.1, 0.15) is 44.6 Å². The lowest BCUT2D eigenvalue weighted by Crippen LogP contribution is -2.38. The maximum Gasteiger partial charge on any atom is 0.305 e. The molecule has 0 radical (unpaired) electrons. The van der Waals surface area contributed by atoms with Crippen LogP contribution in [0.3, 0.4) is 0 Å². The fourth-order valence-electron chi connectivity index (χ4n) is 3.09. The molecule has 0 unspecified atom stereocenters. The van der Waals surface area contributed by atoms with Crippen molar-refractivity contribution in [3.05, 3.63) is 35.8 Å². The van der Waals surface area contributed by atoms with Crippen LogP contribution in [0, 0.1) is 5.82 Å². The second-order valence-electron chi connectivity index (χ2n) is 6.65. The second-order valence-corrected chi connectivity index (χ2v) is 6.65. The molecule has 28 heavy (non-hydrogen) atoms. The first kappa shape index (κ1) is 21.7. The fourth-order valence-corrected chi connectivity index (χ4v) is 3.09. The van der Waals surface area contributed by atoms with Crippen molar-refractivity contribution in [3.63, 3.8) is 0 Å². The maximum absolute atomic E-state index is 13.3. The number of nitrogens with one attached hydrogen (secondary N) is 3. The van der Waals surface area contributed by atoms with Gasteiger partial charge < -0.3 is 20.4 Å². The number of halogens is 1. The van der Waals surface area contributed by atoms with E-state index in [1.807, 2.05) is 19.2 Å². The van der Waals surface area contributed by atoms with Gasteiger partial charge in [0.15, 0.2) is 5.96 Å². The molecule has 1 heterocycles. The Hall–Kier alpha value is -2.57. The summed E-state index contributed by atoms with van der Waals surface area (Å²) < 4.78 is 18.2. The monoisotopic (exact) mass is 390 g/mol. The smallest absolute Gasteiger partial charge is 0.305 e. The standard InChI is InChI=1S/C21H31FN4O2/c1-3-28-20(27)8-6-4-5-7-12-24-21(23-2)25-13-11-16-15-26-19-14-17(22)9-10-18(16)19/h9-10,14-15,26H,3-8,11-13H2,1-2H3,(H2,23,24,25). The lowest BCUT2D eigenvalue weighted by atomic mass is 10.1. The summed E-state index contributed by atoms with van der Waals surface area (Å²) in [5, 5.41) is 7.66. The lowest BCUT2D eigenvalue weighted by Gasteiger charge is -2.11. The first-order chi connectivity index (χ1) is 13.6. The van der Waals surface area contributed by atoms with Crippen molar-refractivity contribution in [2.24, 2.45) is 4.99 Å². The van der Waals surface area contributed by atoms with Crippen molar-refractivity contribution < 1.29 is 13.9 Å². The van der Waals surface area contributed by atoms with Crippen LogP contribution in [0.25, 0.3) is 10.9 Å². The van der Waals surface area contributed by atoms with E-state index in [2.05, 4.69) is 20.6 Å². The zero-order chi connectivity index (χ0) is 20.2. The number of hydrogen-bond acceptors (Lipinski definition) is 3. The predicted molar refractivity (Wildman–Crippen MR) is 111 cm³/mol. The van der Waals surface area contributed by atoms with E-state index in [1.165, 1.54) is 12.1 Å². The molecule has 2 rings (SSSR count). The van der Waals surface area contributed by atoms with Gasteiger partial charge in [-0.15, -0.1) is 0 Å². The second kappa shape index (κ2) is 12.0. The van der Waals surface area contributed by atoms with E-state index in [0.29, 0.717) is 13.0 Å². The largest absolute Gasteiger partial charge is 0.466 e. The Bertz CT molecular complexity index is 773. The van der Waals surface area contributed by atoms with Gasteiger partial charge >= 0.3 is 5.97 Å². The van der Waals surface area contributed by atoms with Crippen molar-refractivity contribution in [2.45, 2.75) is 45.4 Å². The number of carbonyl (C=O) groups is 1. The Morgan fingerprint density at radius 2 is 1.96 bits per heavy atom. The number of unbranched alkanes of at least 4 members (excludes halogenated alkanes) is 3. The molecule has 3 N–H and O–H groups in total. The van der Waals surface area contributed by atoms with Gasteiger partial charge in [0.1, 0.15) is 5.82 Å². The molecule has 154 valence electrons. The third-order valence-corrected chi connectivity index (χ3v) is 4.55. The number of ether oxygens (including phenoxy) is 1. The van der Waals surface area contributed by atoms with Gasteiger partial charge in [-0.1, -0.05) is 12.8 Å². The van der Waals surface area contributed by atoms with Crippen LogP contribution < -0.4 is 10.6 Å². The summed E-state index contributed by atoms with van der Waals surface area (Å²) >= 11 is 0. The highest BCUT2D eigenvalue weighted by Gasteiger charge is 2.05.